The Morgan fingerprint density at radius 1 is 0.893 bits per heavy atom. The van der Waals surface area contributed by atoms with Crippen LogP contribution in [0.25, 0.3) is 0 Å². The van der Waals surface area contributed by atoms with E-state index in [2.05, 4.69) is 26.0 Å². The quantitative estimate of drug-likeness (QED) is 0.0259. The van der Waals surface area contributed by atoms with Crippen LogP contribution in [0.1, 0.15) is 173 Å². The molecule has 5 nitrogen and oxygen atoms in total. The van der Waals surface area contributed by atoms with Crippen molar-refractivity contribution in [2.24, 2.45) is 23.2 Å². The van der Waals surface area contributed by atoms with Gasteiger partial charge in [0.1, 0.15) is 23.4 Å². The largest absolute Gasteiger partial charge is 0.616 e. The van der Waals surface area contributed by atoms with Crippen molar-refractivity contribution in [2.75, 3.05) is 11.5 Å². The number of alkyl halides is 5. The van der Waals surface area contributed by atoms with Crippen molar-refractivity contribution in [2.45, 2.75) is 186 Å². The molecule has 2 saturated carbocycles. The van der Waals surface area contributed by atoms with Crippen LogP contribution in [-0.2, 0) is 31.9 Å². The van der Waals surface area contributed by atoms with E-state index in [0.29, 0.717) is 41.6 Å². The number of fused-ring (bicyclic) bond motifs is 5. The normalized spacial score (nSPS) is 25.4. The minimum absolute atomic E-state index is 0.0603. The zero-order chi connectivity index (χ0) is 40.8. The van der Waals surface area contributed by atoms with Crippen molar-refractivity contribution in [3.8, 4) is 5.75 Å². The third-order valence-corrected chi connectivity index (χ3v) is 14.5. The van der Waals surface area contributed by atoms with Crippen LogP contribution in [0, 0.1) is 23.2 Å². The standard InChI is InChI=1S/C45H67F5O5S/c1-4-5-6-7-8-11-14-17-21-41(52)55-40-25-24-39-42-34(31-35-32-36(54-33(2)51)22-23-37(35)38(42)26-28-43(39,40)3)20-16-13-10-9-12-15-18-29-56(53)30-19-27-44(46,47)45(48,49)50/h17,21-23,32,34,38-40,42H,4-16,18-20,24-31H2,1-3H3/b21-17+. The smallest absolute Gasteiger partial charge is 0.453 e. The van der Waals surface area contributed by atoms with Gasteiger partial charge < -0.3 is 14.0 Å². The topological polar surface area (TPSA) is 75.7 Å². The molecule has 0 amide bonds. The number of hydrogen-bond acceptors (Lipinski definition) is 5. The second-order valence-corrected chi connectivity index (χ2v) is 18.8. The van der Waals surface area contributed by atoms with Crippen LogP contribution in [0.4, 0.5) is 22.0 Å². The molecule has 56 heavy (non-hydrogen) atoms. The summed E-state index contributed by atoms with van der Waals surface area (Å²) in [4.78, 5) is 24.8. The van der Waals surface area contributed by atoms with Gasteiger partial charge in [-0.1, -0.05) is 101 Å². The van der Waals surface area contributed by atoms with Crippen molar-refractivity contribution >= 4 is 23.1 Å². The first-order valence-electron chi connectivity index (χ1n) is 21.6. The maximum absolute atomic E-state index is 13.1. The lowest BCUT2D eigenvalue weighted by molar-refractivity contribution is -0.284. The summed E-state index contributed by atoms with van der Waals surface area (Å²) < 4.78 is 87.1. The molecule has 1 aromatic rings. The Hall–Kier alpha value is -2.14. The Balaban J connectivity index is 1.26. The molecule has 0 spiro atoms. The van der Waals surface area contributed by atoms with Gasteiger partial charge in [0, 0.05) is 24.8 Å². The van der Waals surface area contributed by atoms with E-state index in [4.69, 9.17) is 9.47 Å². The summed E-state index contributed by atoms with van der Waals surface area (Å²) in [6.45, 7) is 6.00. The summed E-state index contributed by atoms with van der Waals surface area (Å²) in [6.07, 6.45) is 17.4. The van der Waals surface area contributed by atoms with E-state index in [-0.39, 0.29) is 29.2 Å². The predicted molar refractivity (Wildman–Crippen MR) is 213 cm³/mol. The minimum atomic E-state index is -5.56. The third-order valence-electron chi connectivity index (χ3n) is 13.0. The number of ether oxygens (including phenoxy) is 2. The van der Waals surface area contributed by atoms with Crippen molar-refractivity contribution in [1.82, 2.24) is 0 Å². The molecule has 0 aromatic heterocycles. The number of unbranched alkanes of at least 4 members (excludes halogenated alkanes) is 12. The summed E-state index contributed by atoms with van der Waals surface area (Å²) in [6, 6.07) is 6.17. The van der Waals surface area contributed by atoms with E-state index in [1.807, 2.05) is 12.1 Å². The van der Waals surface area contributed by atoms with Crippen LogP contribution < -0.4 is 4.74 Å². The minimum Gasteiger partial charge on any atom is -0.616 e. The van der Waals surface area contributed by atoms with E-state index in [0.717, 1.165) is 89.9 Å². The van der Waals surface area contributed by atoms with Gasteiger partial charge in [-0.25, -0.2) is 4.79 Å². The Labute approximate surface area is 335 Å². The van der Waals surface area contributed by atoms with Crippen molar-refractivity contribution in [3.63, 3.8) is 0 Å². The van der Waals surface area contributed by atoms with Crippen molar-refractivity contribution in [1.29, 1.82) is 0 Å². The second kappa shape index (κ2) is 22.3. The summed E-state index contributed by atoms with van der Waals surface area (Å²) in [5.41, 5.74) is 2.60. The van der Waals surface area contributed by atoms with Gasteiger partial charge in [-0.05, 0) is 118 Å². The van der Waals surface area contributed by atoms with Crippen LogP contribution in [0.5, 0.6) is 5.75 Å². The molecule has 3 aliphatic rings. The number of hydrogen-bond donors (Lipinski definition) is 0. The van der Waals surface area contributed by atoms with Gasteiger partial charge in [-0.3, -0.25) is 4.79 Å². The molecule has 3 aliphatic carbocycles. The van der Waals surface area contributed by atoms with Crippen molar-refractivity contribution in [3.05, 3.63) is 41.5 Å². The highest BCUT2D eigenvalue weighted by molar-refractivity contribution is 7.91. The molecular formula is C45H67F5O5S. The average Bonchev–Trinajstić information content (AvgIpc) is 3.46. The molecule has 318 valence electrons. The van der Waals surface area contributed by atoms with Crippen LogP contribution in [0.3, 0.4) is 0 Å². The highest BCUT2D eigenvalue weighted by Crippen LogP contribution is 2.63. The number of rotatable bonds is 24. The third kappa shape index (κ3) is 13.5. The van der Waals surface area contributed by atoms with E-state index in [1.165, 1.54) is 50.2 Å². The SMILES string of the molecule is CCCCCCCC/C=C/C(=O)OC1CCC2C3C(CCCCCCCCC[S+]([O-])CCCC(F)(F)C(F)(F)F)Cc4cc(OC(C)=O)ccc4C3CCC12C. The Morgan fingerprint density at radius 3 is 2.25 bits per heavy atom. The van der Waals surface area contributed by atoms with E-state index in [1.54, 1.807) is 6.08 Å². The molecule has 4 rings (SSSR count). The van der Waals surface area contributed by atoms with Gasteiger partial charge in [-0.15, -0.1) is 0 Å². The first-order chi connectivity index (χ1) is 26.7. The molecule has 1 aromatic carbocycles. The van der Waals surface area contributed by atoms with Crippen LogP contribution >= 0.6 is 0 Å². The average molecular weight is 815 g/mol. The zero-order valence-electron chi connectivity index (χ0n) is 34.1. The molecule has 7 atom stereocenters. The highest BCUT2D eigenvalue weighted by Gasteiger charge is 2.58. The number of allylic oxidation sites excluding steroid dienone is 1. The molecule has 0 bridgehead atoms. The van der Waals surface area contributed by atoms with E-state index >= 15 is 0 Å². The number of carbonyl (C=O) groups is 2. The number of carbonyl (C=O) groups excluding carboxylic acids is 2. The molecular weight excluding hydrogens is 748 g/mol. The van der Waals surface area contributed by atoms with Gasteiger partial charge in [0.25, 0.3) is 0 Å². The van der Waals surface area contributed by atoms with Gasteiger partial charge in [0.2, 0.25) is 0 Å². The summed E-state index contributed by atoms with van der Waals surface area (Å²) in [5.74, 6) is -2.62. The maximum atomic E-state index is 13.1. The molecule has 0 heterocycles. The number of halogens is 5. The first-order valence-corrected chi connectivity index (χ1v) is 23.1. The Kier molecular flexibility index (Phi) is 18.5. The molecule has 0 aliphatic heterocycles. The Bertz CT molecular complexity index is 1400. The number of benzene rings is 1. The first kappa shape index (κ1) is 46.5. The number of esters is 2. The summed E-state index contributed by atoms with van der Waals surface area (Å²) in [7, 11) is 0. The maximum Gasteiger partial charge on any atom is 0.453 e. The van der Waals surface area contributed by atoms with Crippen molar-refractivity contribution < 1.29 is 45.6 Å². The second-order valence-electron chi connectivity index (χ2n) is 17.1. The van der Waals surface area contributed by atoms with Crippen LogP contribution in [-0.4, -0.2) is 46.2 Å². The highest BCUT2D eigenvalue weighted by atomic mass is 32.2. The lowest BCUT2D eigenvalue weighted by Gasteiger charge is -2.53. The fourth-order valence-electron chi connectivity index (χ4n) is 10.1. The van der Waals surface area contributed by atoms with E-state index < -0.39 is 36.1 Å². The fraction of sp³-hybridized carbons (Fsp3) is 0.778. The monoisotopic (exact) mass is 814 g/mol. The van der Waals surface area contributed by atoms with Gasteiger partial charge in [-0.2, -0.15) is 22.0 Å². The van der Waals surface area contributed by atoms with E-state index in [9.17, 15) is 36.1 Å². The molecule has 11 heteroatoms. The molecule has 0 N–H and O–H groups in total. The summed E-state index contributed by atoms with van der Waals surface area (Å²) in [5, 5.41) is 0. The lowest BCUT2D eigenvalue weighted by Crippen LogP contribution is -2.48. The van der Waals surface area contributed by atoms with Crippen LogP contribution in [0.2, 0.25) is 0 Å². The molecule has 2 fully saturated rings. The lowest BCUT2D eigenvalue weighted by atomic mass is 9.52. The molecule has 0 radical (unpaired) electrons. The van der Waals surface area contributed by atoms with Gasteiger partial charge >= 0.3 is 24.0 Å². The summed E-state index contributed by atoms with van der Waals surface area (Å²) >= 11 is -1.39. The molecule has 7 unspecified atom stereocenters. The fourth-order valence-corrected chi connectivity index (χ4v) is 11.3. The molecule has 0 saturated heterocycles. The predicted octanol–water partition coefficient (Wildman–Crippen LogP) is 12.8. The van der Waals surface area contributed by atoms with Crippen LogP contribution in [0.15, 0.2) is 30.4 Å². The van der Waals surface area contributed by atoms with Gasteiger partial charge in [0.05, 0.1) is 0 Å². The van der Waals surface area contributed by atoms with Gasteiger partial charge in [0.15, 0.2) is 0 Å². The Morgan fingerprint density at radius 2 is 1.55 bits per heavy atom. The zero-order valence-corrected chi connectivity index (χ0v) is 34.9.